The molecular formula is C15H17F5O3. The van der Waals surface area contributed by atoms with E-state index >= 15 is 0 Å². The Balaban J connectivity index is 2.58. The highest BCUT2D eigenvalue weighted by atomic mass is 19.4. The normalized spacial score (nSPS) is 12.3. The maximum absolute atomic E-state index is 13.5. The summed E-state index contributed by atoms with van der Waals surface area (Å²) in [5, 5.41) is 0. The van der Waals surface area contributed by atoms with Gasteiger partial charge in [0.25, 0.3) is 5.92 Å². The molecule has 23 heavy (non-hydrogen) atoms. The molecule has 0 aliphatic rings. The molecule has 1 aromatic carbocycles. The number of benzene rings is 1. The second-order valence-corrected chi connectivity index (χ2v) is 5.12. The fourth-order valence-corrected chi connectivity index (χ4v) is 1.69. The van der Waals surface area contributed by atoms with E-state index < -0.39 is 30.7 Å². The Morgan fingerprint density at radius 1 is 1.17 bits per heavy atom. The molecule has 0 amide bonds. The molecule has 0 bridgehead atoms. The van der Waals surface area contributed by atoms with E-state index in [2.05, 4.69) is 0 Å². The molecule has 0 aromatic heterocycles. The van der Waals surface area contributed by atoms with Crippen molar-refractivity contribution < 1.29 is 36.2 Å². The molecule has 1 aromatic rings. The first-order valence-electron chi connectivity index (χ1n) is 6.77. The summed E-state index contributed by atoms with van der Waals surface area (Å²) in [5.74, 6) is -3.85. The smallest absolute Gasteiger partial charge is 0.416 e. The molecule has 1 rings (SSSR count). The molecule has 0 heterocycles. The molecule has 0 radical (unpaired) electrons. The summed E-state index contributed by atoms with van der Waals surface area (Å²) in [6.45, 7) is 0.850. The minimum absolute atomic E-state index is 0.0192. The van der Waals surface area contributed by atoms with Crippen molar-refractivity contribution >= 4 is 5.78 Å². The molecular weight excluding hydrogens is 323 g/mol. The molecule has 0 saturated carbocycles. The van der Waals surface area contributed by atoms with Crippen LogP contribution in [0.25, 0.3) is 0 Å². The number of hydrogen-bond donors (Lipinski definition) is 0. The second kappa shape index (κ2) is 7.72. The number of carbonyl (C=O) groups is 1. The Bertz CT molecular complexity index is 540. The van der Waals surface area contributed by atoms with Crippen molar-refractivity contribution in [3.8, 4) is 5.75 Å². The molecule has 3 nitrogen and oxygen atoms in total. The minimum atomic E-state index is -4.58. The van der Waals surface area contributed by atoms with Gasteiger partial charge in [-0.2, -0.15) is 13.2 Å². The maximum Gasteiger partial charge on any atom is 0.416 e. The Hall–Kier alpha value is -1.70. The molecule has 0 aliphatic carbocycles. The first kappa shape index (κ1) is 19.3. The summed E-state index contributed by atoms with van der Waals surface area (Å²) in [6.07, 6.45) is -5.27. The van der Waals surface area contributed by atoms with E-state index in [1.54, 1.807) is 0 Å². The van der Waals surface area contributed by atoms with E-state index in [4.69, 9.17) is 9.47 Å². The predicted molar refractivity (Wildman–Crippen MR) is 72.7 cm³/mol. The molecule has 0 aliphatic heterocycles. The van der Waals surface area contributed by atoms with E-state index in [0.29, 0.717) is 6.07 Å². The number of carbonyl (C=O) groups excluding carboxylic acids is 1. The molecule has 0 saturated heterocycles. The number of halogens is 5. The average Bonchev–Trinajstić information content (AvgIpc) is 2.41. The standard InChI is InChI=1S/C15H17F5O3/c1-10-3-4-12(7-13(10)15(18,19)20)23-9-14(16,17)5-6-22-8-11(2)21/h3-4,7H,5-6,8-9H2,1-2H3. The zero-order valence-corrected chi connectivity index (χ0v) is 12.7. The van der Waals surface area contributed by atoms with Crippen molar-refractivity contribution in [2.75, 3.05) is 19.8 Å². The SMILES string of the molecule is CC(=O)COCCC(F)(F)COc1ccc(C)c(C(F)(F)F)c1. The zero-order chi connectivity index (χ0) is 17.7. The lowest BCUT2D eigenvalue weighted by Crippen LogP contribution is -2.28. The van der Waals surface area contributed by atoms with Crippen LogP contribution in [0.1, 0.15) is 24.5 Å². The Labute approximate surface area is 130 Å². The average molecular weight is 340 g/mol. The first-order chi connectivity index (χ1) is 10.5. The van der Waals surface area contributed by atoms with Gasteiger partial charge in [0, 0.05) is 6.42 Å². The fourth-order valence-electron chi connectivity index (χ4n) is 1.69. The van der Waals surface area contributed by atoms with Gasteiger partial charge in [0.05, 0.1) is 12.2 Å². The van der Waals surface area contributed by atoms with Crippen LogP contribution in [0.3, 0.4) is 0 Å². The Morgan fingerprint density at radius 2 is 1.83 bits per heavy atom. The Kier molecular flexibility index (Phi) is 6.49. The number of hydrogen-bond acceptors (Lipinski definition) is 3. The Morgan fingerprint density at radius 3 is 2.39 bits per heavy atom. The molecule has 0 spiro atoms. The predicted octanol–water partition coefficient (Wildman–Crippen LogP) is 4.02. The van der Waals surface area contributed by atoms with Crippen LogP contribution in [0.2, 0.25) is 0 Å². The molecule has 0 unspecified atom stereocenters. The largest absolute Gasteiger partial charge is 0.487 e. The van der Waals surface area contributed by atoms with Crippen molar-refractivity contribution in [1.29, 1.82) is 0 Å². The number of rotatable bonds is 8. The highest BCUT2D eigenvalue weighted by Crippen LogP contribution is 2.34. The minimum Gasteiger partial charge on any atom is -0.487 e. The summed E-state index contributed by atoms with van der Waals surface area (Å²) in [6, 6.07) is 3.05. The van der Waals surface area contributed by atoms with Gasteiger partial charge in [-0.1, -0.05) is 6.07 Å². The van der Waals surface area contributed by atoms with Crippen LogP contribution in [0.5, 0.6) is 5.75 Å². The zero-order valence-electron chi connectivity index (χ0n) is 12.7. The topological polar surface area (TPSA) is 35.5 Å². The first-order valence-corrected chi connectivity index (χ1v) is 6.77. The van der Waals surface area contributed by atoms with Crippen molar-refractivity contribution in [2.24, 2.45) is 0 Å². The number of aryl methyl sites for hydroxylation is 1. The van der Waals surface area contributed by atoms with E-state index in [-0.39, 0.29) is 30.3 Å². The lowest BCUT2D eigenvalue weighted by Gasteiger charge is -2.18. The summed E-state index contributed by atoms with van der Waals surface area (Å²) >= 11 is 0. The third-order valence-electron chi connectivity index (χ3n) is 2.88. The summed E-state index contributed by atoms with van der Waals surface area (Å²) < 4.78 is 74.7. The third-order valence-corrected chi connectivity index (χ3v) is 2.88. The summed E-state index contributed by atoms with van der Waals surface area (Å²) in [7, 11) is 0. The van der Waals surface area contributed by atoms with Crippen LogP contribution >= 0.6 is 0 Å². The number of ketones is 1. The number of Topliss-reactive ketones (excluding diaryl/α,β-unsaturated/α-hetero) is 1. The molecule has 130 valence electrons. The van der Waals surface area contributed by atoms with E-state index in [0.717, 1.165) is 6.07 Å². The van der Waals surface area contributed by atoms with Gasteiger partial charge in [-0.05, 0) is 31.5 Å². The molecule has 0 fully saturated rings. The lowest BCUT2D eigenvalue weighted by molar-refractivity contribution is -0.138. The van der Waals surface area contributed by atoms with Crippen molar-refractivity contribution in [3.63, 3.8) is 0 Å². The van der Waals surface area contributed by atoms with Crippen LogP contribution in [-0.2, 0) is 15.7 Å². The third kappa shape index (κ3) is 6.94. The molecule has 0 N–H and O–H groups in total. The van der Waals surface area contributed by atoms with Crippen molar-refractivity contribution in [3.05, 3.63) is 29.3 Å². The van der Waals surface area contributed by atoms with Crippen LogP contribution in [0.4, 0.5) is 22.0 Å². The van der Waals surface area contributed by atoms with Gasteiger partial charge in [0.2, 0.25) is 0 Å². The quantitative estimate of drug-likeness (QED) is 0.530. The summed E-state index contributed by atoms with van der Waals surface area (Å²) in [4.78, 5) is 10.6. The monoisotopic (exact) mass is 340 g/mol. The second-order valence-electron chi connectivity index (χ2n) is 5.12. The van der Waals surface area contributed by atoms with E-state index in [9.17, 15) is 26.7 Å². The summed E-state index contributed by atoms with van der Waals surface area (Å²) in [5.41, 5.74) is -0.947. The van der Waals surface area contributed by atoms with Crippen LogP contribution in [0, 0.1) is 6.92 Å². The highest BCUT2D eigenvalue weighted by Gasteiger charge is 2.33. The number of alkyl halides is 5. The van der Waals surface area contributed by atoms with Gasteiger partial charge in [-0.15, -0.1) is 0 Å². The number of ether oxygens (including phenoxy) is 2. The van der Waals surface area contributed by atoms with Crippen molar-refractivity contribution in [1.82, 2.24) is 0 Å². The van der Waals surface area contributed by atoms with Crippen LogP contribution in [-0.4, -0.2) is 31.5 Å². The molecule has 0 atom stereocenters. The van der Waals surface area contributed by atoms with E-state index in [1.165, 1.54) is 19.9 Å². The van der Waals surface area contributed by atoms with Crippen LogP contribution < -0.4 is 4.74 Å². The van der Waals surface area contributed by atoms with Gasteiger partial charge < -0.3 is 9.47 Å². The maximum atomic E-state index is 13.5. The van der Waals surface area contributed by atoms with Crippen molar-refractivity contribution in [2.45, 2.75) is 32.4 Å². The van der Waals surface area contributed by atoms with Gasteiger partial charge in [0.1, 0.15) is 12.4 Å². The molecule has 8 heteroatoms. The van der Waals surface area contributed by atoms with Gasteiger partial charge in [0.15, 0.2) is 12.4 Å². The lowest BCUT2D eigenvalue weighted by atomic mass is 10.1. The van der Waals surface area contributed by atoms with Crippen LogP contribution in [0.15, 0.2) is 18.2 Å². The fraction of sp³-hybridized carbons (Fsp3) is 0.533. The highest BCUT2D eigenvalue weighted by molar-refractivity contribution is 5.76. The van der Waals surface area contributed by atoms with Gasteiger partial charge in [-0.25, -0.2) is 8.78 Å². The van der Waals surface area contributed by atoms with Gasteiger partial charge in [-0.3, -0.25) is 4.79 Å². The van der Waals surface area contributed by atoms with Gasteiger partial charge >= 0.3 is 6.18 Å². The van der Waals surface area contributed by atoms with E-state index in [1.807, 2.05) is 0 Å².